The Balaban J connectivity index is 1.73. The largest absolute Gasteiger partial charge is 0.467 e. The Morgan fingerprint density at radius 1 is 0.879 bits per heavy atom. The van der Waals surface area contributed by atoms with Crippen molar-refractivity contribution in [2.24, 2.45) is 0 Å². The number of ether oxygens (including phenoxy) is 1. The molecule has 33 heavy (non-hydrogen) atoms. The number of benzene rings is 3. The highest BCUT2D eigenvalue weighted by molar-refractivity contribution is 5.89. The number of carbonyl (C=O) groups excluding carboxylic acids is 2. The summed E-state index contributed by atoms with van der Waals surface area (Å²) in [6.07, 6.45) is 1.43. The Labute approximate surface area is 195 Å². The number of hydrogen-bond acceptors (Lipinski definition) is 4. The first kappa shape index (κ1) is 22.7. The van der Waals surface area contributed by atoms with Crippen LogP contribution in [0.25, 0.3) is 0 Å². The maximum Gasteiger partial charge on any atom is 0.328 e. The van der Waals surface area contributed by atoms with Crippen molar-refractivity contribution >= 4 is 11.9 Å². The van der Waals surface area contributed by atoms with E-state index in [4.69, 9.17) is 4.74 Å². The summed E-state index contributed by atoms with van der Waals surface area (Å²) in [5, 5.41) is 0. The molecule has 0 saturated carbocycles. The molecule has 0 aromatic heterocycles. The van der Waals surface area contributed by atoms with Gasteiger partial charge < -0.3 is 9.64 Å². The summed E-state index contributed by atoms with van der Waals surface area (Å²) in [7, 11) is 1.38. The normalized spacial score (nSPS) is 16.5. The van der Waals surface area contributed by atoms with Gasteiger partial charge in [-0.2, -0.15) is 0 Å². The summed E-state index contributed by atoms with van der Waals surface area (Å²) in [6.45, 7) is 1.78. The molecular weight excluding hydrogens is 412 g/mol. The van der Waals surface area contributed by atoms with Crippen LogP contribution < -0.4 is 0 Å². The zero-order valence-electron chi connectivity index (χ0n) is 19.0. The predicted octanol–water partition coefficient (Wildman–Crippen LogP) is 4.59. The lowest BCUT2D eigenvalue weighted by Crippen LogP contribution is -2.47. The van der Waals surface area contributed by atoms with Gasteiger partial charge in [0.05, 0.1) is 7.11 Å². The topological polar surface area (TPSA) is 49.9 Å². The molecule has 2 atom stereocenters. The van der Waals surface area contributed by atoms with Crippen molar-refractivity contribution < 1.29 is 14.3 Å². The minimum Gasteiger partial charge on any atom is -0.467 e. The van der Waals surface area contributed by atoms with E-state index in [1.165, 1.54) is 7.11 Å². The van der Waals surface area contributed by atoms with E-state index in [0.717, 1.165) is 23.1 Å². The van der Waals surface area contributed by atoms with E-state index in [0.29, 0.717) is 26.1 Å². The Bertz CT molecular complexity index is 999. The van der Waals surface area contributed by atoms with Crippen LogP contribution >= 0.6 is 0 Å². The SMILES string of the molecule is COC(=O)[C@@H]1CCCN1C(=O)[C@@H](c1ccccc1)N(Cc1ccccc1)Cc1ccccc1. The van der Waals surface area contributed by atoms with E-state index in [1.54, 1.807) is 4.90 Å². The summed E-state index contributed by atoms with van der Waals surface area (Å²) in [4.78, 5) is 30.4. The second-order valence-corrected chi connectivity index (χ2v) is 8.40. The number of nitrogens with zero attached hydrogens (tertiary/aromatic N) is 2. The van der Waals surface area contributed by atoms with Crippen molar-refractivity contribution in [2.45, 2.75) is 38.0 Å². The van der Waals surface area contributed by atoms with Gasteiger partial charge in [0.1, 0.15) is 12.1 Å². The van der Waals surface area contributed by atoms with Gasteiger partial charge in [0, 0.05) is 19.6 Å². The van der Waals surface area contributed by atoms with Gasteiger partial charge >= 0.3 is 5.97 Å². The van der Waals surface area contributed by atoms with E-state index in [-0.39, 0.29) is 11.9 Å². The Morgan fingerprint density at radius 2 is 1.39 bits per heavy atom. The molecule has 1 amide bonds. The molecule has 1 saturated heterocycles. The highest BCUT2D eigenvalue weighted by atomic mass is 16.5. The van der Waals surface area contributed by atoms with Crippen molar-refractivity contribution in [1.82, 2.24) is 9.80 Å². The van der Waals surface area contributed by atoms with Crippen LogP contribution in [0.3, 0.4) is 0 Å². The molecule has 3 aromatic carbocycles. The summed E-state index contributed by atoms with van der Waals surface area (Å²) >= 11 is 0. The number of esters is 1. The van der Waals surface area contributed by atoms with Crippen LogP contribution in [0, 0.1) is 0 Å². The molecule has 1 aliphatic heterocycles. The Morgan fingerprint density at radius 3 is 1.91 bits per heavy atom. The van der Waals surface area contributed by atoms with Crippen LogP contribution in [0.2, 0.25) is 0 Å². The smallest absolute Gasteiger partial charge is 0.328 e. The van der Waals surface area contributed by atoms with E-state index in [1.807, 2.05) is 66.7 Å². The summed E-state index contributed by atoms with van der Waals surface area (Å²) in [5.74, 6) is -0.397. The van der Waals surface area contributed by atoms with Gasteiger partial charge in [0.25, 0.3) is 0 Å². The van der Waals surface area contributed by atoms with Gasteiger partial charge in [-0.05, 0) is 29.5 Å². The maximum absolute atomic E-state index is 14.1. The molecule has 0 unspecified atom stereocenters. The van der Waals surface area contributed by atoms with Crippen molar-refractivity contribution in [3.05, 3.63) is 108 Å². The molecule has 1 fully saturated rings. The number of methoxy groups -OCH3 is 1. The van der Waals surface area contributed by atoms with Gasteiger partial charge in [0.15, 0.2) is 0 Å². The van der Waals surface area contributed by atoms with Crippen molar-refractivity contribution in [1.29, 1.82) is 0 Å². The molecule has 0 spiro atoms. The van der Waals surface area contributed by atoms with E-state index < -0.39 is 12.1 Å². The highest BCUT2D eigenvalue weighted by Gasteiger charge is 2.40. The van der Waals surface area contributed by atoms with Gasteiger partial charge in [-0.25, -0.2) is 4.79 Å². The van der Waals surface area contributed by atoms with Gasteiger partial charge in [-0.1, -0.05) is 91.0 Å². The first-order valence-corrected chi connectivity index (χ1v) is 11.4. The number of likely N-dealkylation sites (tertiary alicyclic amines) is 1. The highest BCUT2D eigenvalue weighted by Crippen LogP contribution is 2.31. The van der Waals surface area contributed by atoms with Crippen molar-refractivity contribution in [3.63, 3.8) is 0 Å². The fourth-order valence-electron chi connectivity index (χ4n) is 4.59. The van der Waals surface area contributed by atoms with Gasteiger partial charge in [-0.3, -0.25) is 9.69 Å². The summed E-state index contributed by atoms with van der Waals surface area (Å²) in [5.41, 5.74) is 3.19. The molecule has 0 aliphatic carbocycles. The van der Waals surface area contributed by atoms with Crippen LogP contribution in [0.5, 0.6) is 0 Å². The number of carbonyl (C=O) groups is 2. The lowest BCUT2D eigenvalue weighted by Gasteiger charge is -2.35. The second kappa shape index (κ2) is 10.9. The van der Waals surface area contributed by atoms with E-state index in [2.05, 4.69) is 29.2 Å². The van der Waals surface area contributed by atoms with Crippen LogP contribution in [0.1, 0.15) is 35.6 Å². The first-order valence-electron chi connectivity index (χ1n) is 11.4. The van der Waals surface area contributed by atoms with Crippen LogP contribution in [-0.2, 0) is 27.4 Å². The Hall–Kier alpha value is -3.44. The number of rotatable bonds is 8. The minimum absolute atomic E-state index is 0.0547. The maximum atomic E-state index is 14.1. The zero-order chi connectivity index (χ0) is 23.0. The Kier molecular flexibility index (Phi) is 7.53. The standard InChI is InChI=1S/C28H30N2O3/c1-33-28(32)25-18-11-19-30(25)27(31)26(24-16-9-4-10-17-24)29(20-22-12-5-2-6-13-22)21-23-14-7-3-8-15-23/h2-10,12-17,25-26H,11,18-21H2,1H3/t25-,26+/m0/s1. The van der Waals surface area contributed by atoms with Crippen molar-refractivity contribution in [2.75, 3.05) is 13.7 Å². The van der Waals surface area contributed by atoms with Crippen LogP contribution in [0.15, 0.2) is 91.0 Å². The van der Waals surface area contributed by atoms with Gasteiger partial charge in [-0.15, -0.1) is 0 Å². The molecule has 5 heteroatoms. The van der Waals surface area contributed by atoms with Crippen molar-refractivity contribution in [3.8, 4) is 0 Å². The number of hydrogen-bond donors (Lipinski definition) is 0. The molecule has 0 bridgehead atoms. The molecule has 4 rings (SSSR count). The quantitative estimate of drug-likeness (QED) is 0.479. The molecular formula is C28H30N2O3. The lowest BCUT2D eigenvalue weighted by atomic mass is 10.0. The third-order valence-electron chi connectivity index (χ3n) is 6.18. The van der Waals surface area contributed by atoms with E-state index in [9.17, 15) is 9.59 Å². The molecule has 3 aromatic rings. The summed E-state index contributed by atoms with van der Waals surface area (Å²) < 4.78 is 5.01. The monoisotopic (exact) mass is 442 g/mol. The lowest BCUT2D eigenvalue weighted by molar-refractivity contribution is -0.153. The van der Waals surface area contributed by atoms with E-state index >= 15 is 0 Å². The molecule has 0 radical (unpaired) electrons. The molecule has 170 valence electrons. The fraction of sp³-hybridized carbons (Fsp3) is 0.286. The fourth-order valence-corrected chi connectivity index (χ4v) is 4.59. The van der Waals surface area contributed by atoms with Crippen LogP contribution in [0.4, 0.5) is 0 Å². The van der Waals surface area contributed by atoms with Crippen LogP contribution in [-0.4, -0.2) is 41.4 Å². The molecule has 1 heterocycles. The number of amides is 1. The molecule has 0 N–H and O–H groups in total. The second-order valence-electron chi connectivity index (χ2n) is 8.40. The van der Waals surface area contributed by atoms with Gasteiger partial charge in [0.2, 0.25) is 5.91 Å². The molecule has 5 nitrogen and oxygen atoms in total. The predicted molar refractivity (Wildman–Crippen MR) is 128 cm³/mol. The third kappa shape index (κ3) is 5.49. The minimum atomic E-state index is -0.524. The average molecular weight is 443 g/mol. The average Bonchev–Trinajstić information content (AvgIpc) is 3.36. The summed E-state index contributed by atoms with van der Waals surface area (Å²) in [6, 6.07) is 29.2. The molecule has 1 aliphatic rings. The zero-order valence-corrected chi connectivity index (χ0v) is 19.0. The first-order chi connectivity index (χ1) is 16.2. The third-order valence-corrected chi connectivity index (χ3v) is 6.18.